The summed E-state index contributed by atoms with van der Waals surface area (Å²) >= 11 is 0. The lowest BCUT2D eigenvalue weighted by atomic mass is 10.0. The average Bonchev–Trinajstić information content (AvgIpc) is 2.68. The molecule has 2 aromatic rings. The number of rotatable bonds is 11. The number of carboxylic acid groups (broad SMARTS) is 2. The molecule has 2 rings (SSSR count). The summed E-state index contributed by atoms with van der Waals surface area (Å²) < 4.78 is 27.2. The molecule has 2 atom stereocenters. The third-order valence-electron chi connectivity index (χ3n) is 4.41. The first kappa shape index (κ1) is 23.4. The third-order valence-corrected chi connectivity index (χ3v) is 5.80. The van der Waals surface area contributed by atoms with Crippen LogP contribution in [0.3, 0.4) is 0 Å². The molecule has 0 aliphatic carbocycles. The van der Waals surface area contributed by atoms with Gasteiger partial charge >= 0.3 is 11.9 Å². The van der Waals surface area contributed by atoms with Crippen molar-refractivity contribution in [3.05, 3.63) is 60.2 Å². The quantitative estimate of drug-likeness (QED) is 0.427. The predicted molar refractivity (Wildman–Crippen MR) is 113 cm³/mol. The summed E-state index contributed by atoms with van der Waals surface area (Å²) in [6.45, 7) is 3.73. The van der Waals surface area contributed by atoms with Crippen LogP contribution >= 0.6 is 0 Å². The van der Waals surface area contributed by atoms with Gasteiger partial charge in [0.05, 0.1) is 4.90 Å². The van der Waals surface area contributed by atoms with Crippen LogP contribution < -0.4 is 10.0 Å². The molecule has 0 fully saturated rings. The lowest BCUT2D eigenvalue weighted by Gasteiger charge is -2.22. The van der Waals surface area contributed by atoms with Crippen molar-refractivity contribution in [2.45, 2.75) is 43.7 Å². The monoisotopic (exact) mass is 434 g/mol. The Morgan fingerprint density at radius 3 is 1.97 bits per heavy atom. The van der Waals surface area contributed by atoms with E-state index in [1.807, 2.05) is 13.8 Å². The standard InChI is InChI=1S/C21H26N2O6S/c1-14(2)12-18(20(24)25)22-19(21(26)27)13-15-8-10-16(11-9-15)23-30(28,29)17-6-4-3-5-7-17/h3-11,14,18-19,22-23H,12-13H2,1-2H3,(H,24,25)(H,26,27)/t18-,19-/m0/s1. The van der Waals surface area contributed by atoms with E-state index >= 15 is 0 Å². The van der Waals surface area contributed by atoms with Crippen LogP contribution in [-0.4, -0.2) is 42.7 Å². The van der Waals surface area contributed by atoms with Gasteiger partial charge in [0.2, 0.25) is 0 Å². The first-order valence-electron chi connectivity index (χ1n) is 9.47. The van der Waals surface area contributed by atoms with Crippen molar-refractivity contribution in [1.29, 1.82) is 0 Å². The number of hydrogen-bond donors (Lipinski definition) is 4. The highest BCUT2D eigenvalue weighted by atomic mass is 32.2. The Morgan fingerprint density at radius 1 is 0.900 bits per heavy atom. The molecule has 4 N–H and O–H groups in total. The first-order chi connectivity index (χ1) is 14.1. The van der Waals surface area contributed by atoms with Gasteiger partial charge in [-0.1, -0.05) is 44.2 Å². The molecule has 162 valence electrons. The van der Waals surface area contributed by atoms with Crippen LogP contribution in [0, 0.1) is 5.92 Å². The maximum atomic E-state index is 12.4. The lowest BCUT2D eigenvalue weighted by molar-refractivity contribution is -0.142. The molecule has 8 nitrogen and oxygen atoms in total. The molecule has 0 amide bonds. The highest BCUT2D eigenvalue weighted by Crippen LogP contribution is 2.17. The molecular weight excluding hydrogens is 408 g/mol. The SMILES string of the molecule is CC(C)C[C@H](N[C@@H](Cc1ccc(NS(=O)(=O)c2ccccc2)cc1)C(=O)O)C(=O)O. The summed E-state index contributed by atoms with van der Waals surface area (Å²) in [4.78, 5) is 23.2. The van der Waals surface area contributed by atoms with Crippen LogP contribution in [0.4, 0.5) is 5.69 Å². The second-order valence-electron chi connectivity index (χ2n) is 7.40. The van der Waals surface area contributed by atoms with Crippen LogP contribution in [0.2, 0.25) is 0 Å². The minimum atomic E-state index is -3.72. The highest BCUT2D eigenvalue weighted by molar-refractivity contribution is 7.92. The Balaban J connectivity index is 2.09. The lowest BCUT2D eigenvalue weighted by Crippen LogP contribution is -2.48. The maximum Gasteiger partial charge on any atom is 0.321 e. The fourth-order valence-electron chi connectivity index (χ4n) is 2.93. The molecule has 0 spiro atoms. The molecule has 0 saturated carbocycles. The van der Waals surface area contributed by atoms with E-state index in [2.05, 4.69) is 10.0 Å². The van der Waals surface area contributed by atoms with Crippen LogP contribution in [0.25, 0.3) is 0 Å². The second-order valence-corrected chi connectivity index (χ2v) is 9.08. The van der Waals surface area contributed by atoms with Crippen molar-refractivity contribution in [2.75, 3.05) is 4.72 Å². The zero-order valence-electron chi connectivity index (χ0n) is 16.8. The molecule has 0 aliphatic heterocycles. The van der Waals surface area contributed by atoms with Gasteiger partial charge < -0.3 is 10.2 Å². The largest absolute Gasteiger partial charge is 0.480 e. The van der Waals surface area contributed by atoms with Gasteiger partial charge in [0.25, 0.3) is 10.0 Å². The topological polar surface area (TPSA) is 133 Å². The smallest absolute Gasteiger partial charge is 0.321 e. The molecule has 2 aromatic carbocycles. The van der Waals surface area contributed by atoms with E-state index in [9.17, 15) is 28.2 Å². The number of nitrogens with one attached hydrogen (secondary N) is 2. The van der Waals surface area contributed by atoms with Crippen LogP contribution in [0.5, 0.6) is 0 Å². The summed E-state index contributed by atoms with van der Waals surface area (Å²) in [5.41, 5.74) is 0.969. The number of aliphatic carboxylic acids is 2. The van der Waals surface area contributed by atoms with E-state index < -0.39 is 34.0 Å². The molecule has 0 unspecified atom stereocenters. The van der Waals surface area contributed by atoms with Gasteiger partial charge in [-0.3, -0.25) is 19.6 Å². The van der Waals surface area contributed by atoms with Gasteiger partial charge in [0.15, 0.2) is 0 Å². The Kier molecular flexibility index (Phi) is 7.96. The molecular formula is C21H26N2O6S. The summed E-state index contributed by atoms with van der Waals surface area (Å²) in [5, 5.41) is 21.5. The zero-order chi connectivity index (χ0) is 22.3. The normalized spacial score (nSPS) is 13.6. The van der Waals surface area contributed by atoms with Crippen LogP contribution in [0.1, 0.15) is 25.8 Å². The minimum Gasteiger partial charge on any atom is -0.480 e. The molecule has 0 heterocycles. The van der Waals surface area contributed by atoms with Gasteiger partial charge in [-0.2, -0.15) is 0 Å². The van der Waals surface area contributed by atoms with Gasteiger partial charge in [-0.15, -0.1) is 0 Å². The number of hydrogen-bond acceptors (Lipinski definition) is 5. The van der Waals surface area contributed by atoms with Crippen molar-refractivity contribution in [2.24, 2.45) is 5.92 Å². The van der Waals surface area contributed by atoms with E-state index in [0.717, 1.165) is 0 Å². The molecule has 9 heteroatoms. The fraction of sp³-hybridized carbons (Fsp3) is 0.333. The van der Waals surface area contributed by atoms with E-state index in [1.54, 1.807) is 30.3 Å². The number of carboxylic acids is 2. The highest BCUT2D eigenvalue weighted by Gasteiger charge is 2.26. The fourth-order valence-corrected chi connectivity index (χ4v) is 4.01. The van der Waals surface area contributed by atoms with Crippen molar-refractivity contribution in [3.8, 4) is 0 Å². The second kappa shape index (κ2) is 10.2. The predicted octanol–water partition coefficient (Wildman–Crippen LogP) is 2.57. The summed E-state index contributed by atoms with van der Waals surface area (Å²) in [6, 6.07) is 12.2. The maximum absolute atomic E-state index is 12.4. The van der Waals surface area contributed by atoms with Crippen LogP contribution in [-0.2, 0) is 26.0 Å². The number of sulfonamides is 1. The van der Waals surface area contributed by atoms with Gasteiger partial charge in [-0.05, 0) is 48.6 Å². The van der Waals surface area contributed by atoms with Crippen molar-refractivity contribution in [1.82, 2.24) is 5.32 Å². The Morgan fingerprint density at radius 2 is 1.47 bits per heavy atom. The van der Waals surface area contributed by atoms with Crippen molar-refractivity contribution >= 4 is 27.6 Å². The Hall–Kier alpha value is -2.91. The summed E-state index contributed by atoms with van der Waals surface area (Å²) in [7, 11) is -3.72. The number of benzene rings is 2. The third kappa shape index (κ3) is 6.85. The van der Waals surface area contributed by atoms with E-state index in [1.165, 1.54) is 24.3 Å². The summed E-state index contributed by atoms with van der Waals surface area (Å²) in [6.07, 6.45) is 0.363. The van der Waals surface area contributed by atoms with E-state index in [4.69, 9.17) is 0 Å². The van der Waals surface area contributed by atoms with E-state index in [0.29, 0.717) is 17.7 Å². The van der Waals surface area contributed by atoms with Gasteiger partial charge in [0.1, 0.15) is 12.1 Å². The molecule has 0 aromatic heterocycles. The molecule has 0 aliphatic rings. The molecule has 0 radical (unpaired) electrons. The van der Waals surface area contributed by atoms with Crippen molar-refractivity contribution < 1.29 is 28.2 Å². The minimum absolute atomic E-state index is 0.0585. The molecule has 0 saturated heterocycles. The Labute approximate surface area is 176 Å². The molecule has 30 heavy (non-hydrogen) atoms. The average molecular weight is 435 g/mol. The van der Waals surface area contributed by atoms with Crippen LogP contribution in [0.15, 0.2) is 59.5 Å². The van der Waals surface area contributed by atoms with Gasteiger partial charge in [-0.25, -0.2) is 8.42 Å². The van der Waals surface area contributed by atoms with E-state index in [-0.39, 0.29) is 17.2 Å². The number of carbonyl (C=O) groups is 2. The zero-order valence-corrected chi connectivity index (χ0v) is 17.6. The first-order valence-corrected chi connectivity index (χ1v) is 10.9. The Bertz CT molecular complexity index is 959. The summed E-state index contributed by atoms with van der Waals surface area (Å²) in [5.74, 6) is -2.16. The van der Waals surface area contributed by atoms with Gasteiger partial charge in [0, 0.05) is 5.69 Å². The molecule has 0 bridgehead atoms. The van der Waals surface area contributed by atoms with Crippen molar-refractivity contribution in [3.63, 3.8) is 0 Å². The number of anilines is 1.